The quantitative estimate of drug-likeness (QED) is 0.629. The van der Waals surface area contributed by atoms with Gasteiger partial charge < -0.3 is 0 Å². The summed E-state index contributed by atoms with van der Waals surface area (Å²) in [6.07, 6.45) is 0. The van der Waals surface area contributed by atoms with Crippen LogP contribution in [-0.4, -0.2) is 25.3 Å². The highest BCUT2D eigenvalue weighted by molar-refractivity contribution is 9.09. The Morgan fingerprint density at radius 3 is 1.65 bits per heavy atom. The van der Waals surface area contributed by atoms with E-state index in [2.05, 4.69) is 15.9 Å². The SMILES string of the molecule is O=C(CBr)CS(=O)(=O)C(c1ccc(Cl)cc1)c1ccc(Cl)cc1. The Morgan fingerprint density at radius 1 is 0.913 bits per heavy atom. The maximum absolute atomic E-state index is 12.8. The molecule has 0 saturated heterocycles. The fourth-order valence-corrected chi connectivity index (χ4v) is 4.80. The smallest absolute Gasteiger partial charge is 0.168 e. The summed E-state index contributed by atoms with van der Waals surface area (Å²) in [4.78, 5) is 11.6. The fraction of sp³-hybridized carbons (Fsp3) is 0.188. The van der Waals surface area contributed by atoms with Crippen molar-refractivity contribution in [3.05, 3.63) is 69.7 Å². The van der Waals surface area contributed by atoms with Gasteiger partial charge in [0.05, 0.1) is 5.33 Å². The third-order valence-electron chi connectivity index (χ3n) is 3.22. The van der Waals surface area contributed by atoms with Crippen molar-refractivity contribution in [3.63, 3.8) is 0 Å². The van der Waals surface area contributed by atoms with E-state index < -0.39 is 26.6 Å². The Kier molecular flexibility index (Phi) is 6.26. The fourth-order valence-electron chi connectivity index (χ4n) is 2.23. The van der Waals surface area contributed by atoms with Crippen molar-refractivity contribution in [3.8, 4) is 0 Å². The Labute approximate surface area is 153 Å². The molecule has 2 aromatic rings. The van der Waals surface area contributed by atoms with E-state index in [0.717, 1.165) is 0 Å². The van der Waals surface area contributed by atoms with Crippen molar-refractivity contribution < 1.29 is 13.2 Å². The molecule has 7 heteroatoms. The molecule has 0 atom stereocenters. The zero-order chi connectivity index (χ0) is 17.0. The topological polar surface area (TPSA) is 51.2 Å². The van der Waals surface area contributed by atoms with Crippen LogP contribution in [0.15, 0.2) is 48.5 Å². The number of rotatable bonds is 6. The summed E-state index contributed by atoms with van der Waals surface area (Å²) in [6, 6.07) is 13.1. The van der Waals surface area contributed by atoms with E-state index in [0.29, 0.717) is 21.2 Å². The molecule has 0 bridgehead atoms. The van der Waals surface area contributed by atoms with Crippen LogP contribution in [0.25, 0.3) is 0 Å². The second-order valence-electron chi connectivity index (χ2n) is 4.96. The van der Waals surface area contributed by atoms with E-state index in [4.69, 9.17) is 23.2 Å². The van der Waals surface area contributed by atoms with Gasteiger partial charge in [-0.05, 0) is 35.4 Å². The first-order valence-corrected chi connectivity index (χ1v) is 10.2. The van der Waals surface area contributed by atoms with Crippen LogP contribution in [0.4, 0.5) is 0 Å². The van der Waals surface area contributed by atoms with Crippen LogP contribution in [0.3, 0.4) is 0 Å². The number of benzene rings is 2. The Morgan fingerprint density at radius 2 is 1.30 bits per heavy atom. The number of sulfone groups is 1. The Bertz CT molecular complexity index is 742. The van der Waals surface area contributed by atoms with Crippen molar-refractivity contribution in [1.29, 1.82) is 0 Å². The van der Waals surface area contributed by atoms with Crippen LogP contribution in [0.1, 0.15) is 16.4 Å². The molecule has 0 aliphatic heterocycles. The normalized spacial score (nSPS) is 11.7. The van der Waals surface area contributed by atoms with Crippen LogP contribution in [0.5, 0.6) is 0 Å². The maximum Gasteiger partial charge on any atom is 0.168 e. The van der Waals surface area contributed by atoms with Crippen LogP contribution in [0, 0.1) is 0 Å². The average Bonchev–Trinajstić information content (AvgIpc) is 2.50. The second kappa shape index (κ2) is 7.79. The molecule has 122 valence electrons. The lowest BCUT2D eigenvalue weighted by Gasteiger charge is -2.18. The lowest BCUT2D eigenvalue weighted by Crippen LogP contribution is -2.24. The van der Waals surface area contributed by atoms with Crippen molar-refractivity contribution in [2.45, 2.75) is 5.25 Å². The average molecular weight is 436 g/mol. The molecule has 0 unspecified atom stereocenters. The minimum absolute atomic E-state index is 0.000184. The van der Waals surface area contributed by atoms with E-state index >= 15 is 0 Å². The molecule has 2 rings (SSSR count). The summed E-state index contributed by atoms with van der Waals surface area (Å²) < 4.78 is 25.5. The molecule has 0 spiro atoms. The Hall–Kier alpha value is -0.880. The monoisotopic (exact) mass is 434 g/mol. The zero-order valence-corrected chi connectivity index (χ0v) is 15.8. The van der Waals surface area contributed by atoms with E-state index in [1.807, 2.05) is 0 Å². The first kappa shape index (κ1) is 18.5. The minimum Gasteiger partial charge on any atom is -0.298 e. The van der Waals surface area contributed by atoms with E-state index in [9.17, 15) is 13.2 Å². The third kappa shape index (κ3) is 4.80. The predicted molar refractivity (Wildman–Crippen MR) is 97.3 cm³/mol. The van der Waals surface area contributed by atoms with Gasteiger partial charge in [0.15, 0.2) is 15.6 Å². The number of carbonyl (C=O) groups excluding carboxylic acids is 1. The third-order valence-corrected chi connectivity index (χ3v) is 6.33. The second-order valence-corrected chi connectivity index (χ2v) is 8.48. The molecule has 0 aromatic heterocycles. The van der Waals surface area contributed by atoms with E-state index in [1.165, 1.54) is 0 Å². The molecule has 0 heterocycles. The van der Waals surface area contributed by atoms with Gasteiger partial charge in [-0.15, -0.1) is 0 Å². The van der Waals surface area contributed by atoms with Gasteiger partial charge in [0, 0.05) is 10.0 Å². The summed E-state index contributed by atoms with van der Waals surface area (Å²) >= 11 is 14.8. The summed E-state index contributed by atoms with van der Waals surface area (Å²) in [7, 11) is -3.73. The molecule has 23 heavy (non-hydrogen) atoms. The first-order valence-electron chi connectivity index (χ1n) is 6.63. The highest BCUT2D eigenvalue weighted by Crippen LogP contribution is 2.32. The molecular formula is C16H13BrCl2O3S. The molecule has 0 radical (unpaired) electrons. The van der Waals surface area contributed by atoms with Gasteiger partial charge >= 0.3 is 0 Å². The number of ketones is 1. The van der Waals surface area contributed by atoms with Crippen molar-refractivity contribution >= 4 is 54.8 Å². The van der Waals surface area contributed by atoms with Crippen LogP contribution in [0.2, 0.25) is 10.0 Å². The van der Waals surface area contributed by atoms with E-state index in [1.54, 1.807) is 48.5 Å². The maximum atomic E-state index is 12.8. The lowest BCUT2D eigenvalue weighted by atomic mass is 10.0. The molecule has 0 amide bonds. The minimum atomic E-state index is -3.73. The number of hydrogen-bond donors (Lipinski definition) is 0. The number of alkyl halides is 1. The van der Waals surface area contributed by atoms with Gasteiger partial charge in [-0.1, -0.05) is 63.4 Å². The summed E-state index contributed by atoms with van der Waals surface area (Å²) in [5.41, 5.74) is 1.11. The standard InChI is InChI=1S/C16H13BrCl2O3S/c17-9-15(20)10-23(21,22)16(11-1-5-13(18)6-2-11)12-3-7-14(19)8-4-12/h1-8,16H,9-10H2. The molecular weight excluding hydrogens is 423 g/mol. The first-order chi connectivity index (χ1) is 10.8. The van der Waals surface area contributed by atoms with Gasteiger partial charge in [-0.2, -0.15) is 0 Å². The van der Waals surface area contributed by atoms with Crippen molar-refractivity contribution in [1.82, 2.24) is 0 Å². The van der Waals surface area contributed by atoms with Gasteiger partial charge in [-0.25, -0.2) is 8.42 Å². The van der Waals surface area contributed by atoms with Crippen LogP contribution < -0.4 is 0 Å². The summed E-state index contributed by atoms with van der Waals surface area (Å²) in [5, 5.41) is 0.0790. The van der Waals surface area contributed by atoms with Crippen LogP contribution >= 0.6 is 39.1 Å². The molecule has 3 nitrogen and oxygen atoms in total. The van der Waals surface area contributed by atoms with Gasteiger partial charge in [0.2, 0.25) is 0 Å². The van der Waals surface area contributed by atoms with Gasteiger partial charge in [0.25, 0.3) is 0 Å². The molecule has 0 aliphatic carbocycles. The van der Waals surface area contributed by atoms with E-state index in [-0.39, 0.29) is 5.33 Å². The molecule has 0 saturated carbocycles. The van der Waals surface area contributed by atoms with Crippen molar-refractivity contribution in [2.75, 3.05) is 11.1 Å². The van der Waals surface area contributed by atoms with Gasteiger partial charge in [-0.3, -0.25) is 4.79 Å². The number of halogens is 3. The molecule has 0 aliphatic rings. The van der Waals surface area contributed by atoms with Crippen molar-refractivity contribution in [2.24, 2.45) is 0 Å². The number of carbonyl (C=O) groups is 1. The predicted octanol–water partition coefficient (Wildman–Crippen LogP) is 4.46. The largest absolute Gasteiger partial charge is 0.298 e. The number of hydrogen-bond acceptors (Lipinski definition) is 3. The molecule has 0 N–H and O–H groups in total. The molecule has 0 fully saturated rings. The van der Waals surface area contributed by atoms with Gasteiger partial charge in [0.1, 0.15) is 11.0 Å². The highest BCUT2D eigenvalue weighted by atomic mass is 79.9. The zero-order valence-electron chi connectivity index (χ0n) is 11.9. The summed E-state index contributed by atoms with van der Waals surface area (Å²) in [6.45, 7) is 0. The lowest BCUT2D eigenvalue weighted by molar-refractivity contribution is -0.114. The Balaban J connectivity index is 2.53. The molecule has 2 aromatic carbocycles. The number of Topliss-reactive ketones (excluding diaryl/α,β-unsaturated/α-hetero) is 1. The van der Waals surface area contributed by atoms with Crippen LogP contribution in [-0.2, 0) is 14.6 Å². The highest BCUT2D eigenvalue weighted by Gasteiger charge is 2.30. The summed E-state index contributed by atoms with van der Waals surface area (Å²) in [5.74, 6) is -0.924.